The molecule has 7 heteroatoms. The molecule has 1 aromatic heterocycles. The van der Waals surface area contributed by atoms with Crippen molar-refractivity contribution >= 4 is 28.2 Å². The number of primary amides is 1. The van der Waals surface area contributed by atoms with Gasteiger partial charge in [-0.1, -0.05) is 12.1 Å². The third-order valence-electron chi connectivity index (χ3n) is 3.67. The Morgan fingerprint density at radius 3 is 2.65 bits per heavy atom. The van der Waals surface area contributed by atoms with E-state index in [1.807, 2.05) is 13.0 Å². The number of rotatable bonds is 3. The fourth-order valence-corrected chi connectivity index (χ4v) is 3.42. The number of ether oxygens (including phenoxy) is 2. The van der Waals surface area contributed by atoms with Crippen LogP contribution in [-0.4, -0.2) is 24.5 Å². The highest BCUT2D eigenvalue weighted by Crippen LogP contribution is 2.34. The molecular formula is C16H16N2O4S. The normalized spacial score (nSPS) is 16.0. The van der Waals surface area contributed by atoms with Crippen LogP contribution < -0.4 is 20.5 Å². The number of hydrogen-bond acceptors (Lipinski definition) is 5. The number of hydrogen-bond donors (Lipinski definition) is 2. The molecule has 1 aliphatic heterocycles. The lowest BCUT2D eigenvalue weighted by molar-refractivity contribution is -0.125. The Morgan fingerprint density at radius 2 is 1.96 bits per heavy atom. The summed E-state index contributed by atoms with van der Waals surface area (Å²) in [6, 6.07) is 7.16. The van der Waals surface area contributed by atoms with E-state index in [0.29, 0.717) is 22.1 Å². The zero-order valence-electron chi connectivity index (χ0n) is 12.7. The molecule has 120 valence electrons. The Hall–Kier alpha value is -2.54. The molecule has 1 aliphatic rings. The van der Waals surface area contributed by atoms with Gasteiger partial charge < -0.3 is 20.5 Å². The lowest BCUT2D eigenvalue weighted by Gasteiger charge is -2.25. The molecule has 1 aromatic carbocycles. The first-order valence-electron chi connectivity index (χ1n) is 7.06. The van der Waals surface area contributed by atoms with E-state index in [9.17, 15) is 9.59 Å². The van der Waals surface area contributed by atoms with Crippen LogP contribution >= 0.6 is 11.3 Å². The first kappa shape index (κ1) is 15.4. The highest BCUT2D eigenvalue weighted by molar-refractivity contribution is 7.16. The summed E-state index contributed by atoms with van der Waals surface area (Å²) in [5.74, 6) is 0.196. The zero-order valence-corrected chi connectivity index (χ0v) is 13.5. The summed E-state index contributed by atoms with van der Waals surface area (Å²) in [4.78, 5) is 24.9. The molecule has 0 aliphatic carbocycles. The summed E-state index contributed by atoms with van der Waals surface area (Å²) < 4.78 is 11.2. The predicted molar refractivity (Wildman–Crippen MR) is 87.3 cm³/mol. The van der Waals surface area contributed by atoms with Crippen molar-refractivity contribution in [3.8, 4) is 11.5 Å². The maximum Gasteiger partial charge on any atom is 0.269 e. The van der Waals surface area contributed by atoms with Crippen LogP contribution in [0.3, 0.4) is 0 Å². The molecule has 1 atom stereocenters. The van der Waals surface area contributed by atoms with Gasteiger partial charge in [0.25, 0.3) is 11.8 Å². The molecular weight excluding hydrogens is 316 g/mol. The molecule has 23 heavy (non-hydrogen) atoms. The molecule has 0 saturated heterocycles. The fraction of sp³-hybridized carbons (Fsp3) is 0.250. The number of benzene rings is 1. The van der Waals surface area contributed by atoms with Crippen LogP contribution in [0, 0.1) is 13.8 Å². The van der Waals surface area contributed by atoms with Crippen LogP contribution in [0.1, 0.15) is 20.8 Å². The average molecular weight is 332 g/mol. The lowest BCUT2D eigenvalue weighted by Crippen LogP contribution is -2.40. The number of fused-ring (bicyclic) bond motifs is 1. The molecule has 3 N–H and O–H groups in total. The minimum atomic E-state index is -0.784. The molecule has 2 aromatic rings. The molecule has 6 nitrogen and oxygen atoms in total. The van der Waals surface area contributed by atoms with E-state index >= 15 is 0 Å². The monoisotopic (exact) mass is 332 g/mol. The van der Waals surface area contributed by atoms with Crippen molar-refractivity contribution in [1.82, 2.24) is 0 Å². The number of amides is 2. The van der Waals surface area contributed by atoms with Crippen molar-refractivity contribution in [2.75, 3.05) is 11.9 Å². The van der Waals surface area contributed by atoms with Gasteiger partial charge in [-0.3, -0.25) is 9.59 Å². The standard InChI is InChI=1S/C16H16N2O4S/c1-8-9(2)23-16(13(8)14(17)19)18-15(20)12-7-21-10-5-3-4-6-11(10)22-12/h3-6,12H,7H2,1-2H3,(H2,17,19)(H,18,20). The van der Waals surface area contributed by atoms with Gasteiger partial charge in [0.1, 0.15) is 11.6 Å². The number of aryl methyl sites for hydroxylation is 1. The molecule has 2 amide bonds. The number of nitrogens with one attached hydrogen (secondary N) is 1. The molecule has 0 bridgehead atoms. The van der Waals surface area contributed by atoms with Gasteiger partial charge in [-0.05, 0) is 31.5 Å². The van der Waals surface area contributed by atoms with E-state index in [1.165, 1.54) is 11.3 Å². The topological polar surface area (TPSA) is 90.7 Å². The maximum absolute atomic E-state index is 12.4. The Bertz CT molecular complexity index is 784. The molecule has 1 unspecified atom stereocenters. The van der Waals surface area contributed by atoms with Crippen LogP contribution in [0.15, 0.2) is 24.3 Å². The fourth-order valence-electron chi connectivity index (χ4n) is 2.35. The van der Waals surface area contributed by atoms with Crippen LogP contribution in [0.5, 0.6) is 11.5 Å². The van der Waals surface area contributed by atoms with Gasteiger partial charge in [0.2, 0.25) is 6.10 Å². The molecule has 0 fully saturated rings. The first-order chi connectivity index (χ1) is 11.0. The van der Waals surface area contributed by atoms with Crippen molar-refractivity contribution in [1.29, 1.82) is 0 Å². The third kappa shape index (κ3) is 2.87. The smallest absolute Gasteiger partial charge is 0.269 e. The van der Waals surface area contributed by atoms with E-state index in [1.54, 1.807) is 25.1 Å². The highest BCUT2D eigenvalue weighted by atomic mass is 32.1. The number of para-hydroxylation sites is 2. The van der Waals surface area contributed by atoms with Gasteiger partial charge in [0, 0.05) is 4.88 Å². The number of carbonyl (C=O) groups excluding carboxylic acids is 2. The average Bonchev–Trinajstić information content (AvgIpc) is 2.81. The second-order valence-electron chi connectivity index (χ2n) is 5.21. The SMILES string of the molecule is Cc1sc(NC(=O)C2COc3ccccc3O2)c(C(N)=O)c1C. The quantitative estimate of drug-likeness (QED) is 0.902. The maximum atomic E-state index is 12.4. The minimum absolute atomic E-state index is 0.109. The second-order valence-corrected chi connectivity index (χ2v) is 6.43. The molecule has 0 spiro atoms. The highest BCUT2D eigenvalue weighted by Gasteiger charge is 2.29. The Morgan fingerprint density at radius 1 is 1.26 bits per heavy atom. The van der Waals surface area contributed by atoms with Crippen molar-refractivity contribution in [3.63, 3.8) is 0 Å². The molecule has 0 saturated carbocycles. The van der Waals surface area contributed by atoms with Gasteiger partial charge in [-0.2, -0.15) is 0 Å². The van der Waals surface area contributed by atoms with Gasteiger partial charge in [0.05, 0.1) is 5.56 Å². The van der Waals surface area contributed by atoms with Gasteiger partial charge in [0.15, 0.2) is 11.5 Å². The van der Waals surface area contributed by atoms with Crippen molar-refractivity contribution in [2.45, 2.75) is 20.0 Å². The summed E-state index contributed by atoms with van der Waals surface area (Å²) >= 11 is 1.32. The van der Waals surface area contributed by atoms with Gasteiger partial charge in [-0.15, -0.1) is 11.3 Å². The predicted octanol–water partition coefficient (Wildman–Crippen LogP) is 2.24. The second kappa shape index (κ2) is 5.92. The van der Waals surface area contributed by atoms with E-state index in [4.69, 9.17) is 15.2 Å². The first-order valence-corrected chi connectivity index (χ1v) is 7.88. The molecule has 0 radical (unpaired) electrons. The van der Waals surface area contributed by atoms with Crippen LogP contribution in [0.2, 0.25) is 0 Å². The molecule has 3 rings (SSSR count). The van der Waals surface area contributed by atoms with Gasteiger partial charge >= 0.3 is 0 Å². The van der Waals surface area contributed by atoms with Crippen molar-refractivity contribution in [3.05, 3.63) is 40.3 Å². The number of nitrogens with two attached hydrogens (primary N) is 1. The summed E-state index contributed by atoms with van der Waals surface area (Å²) in [5.41, 5.74) is 6.53. The summed E-state index contributed by atoms with van der Waals surface area (Å²) in [7, 11) is 0. The number of thiophene rings is 1. The zero-order chi connectivity index (χ0) is 16.6. The van der Waals surface area contributed by atoms with Crippen molar-refractivity contribution < 1.29 is 19.1 Å². The van der Waals surface area contributed by atoms with E-state index < -0.39 is 12.0 Å². The summed E-state index contributed by atoms with van der Waals surface area (Å²) in [6.45, 7) is 3.79. The Kier molecular flexibility index (Phi) is 3.96. The summed E-state index contributed by atoms with van der Waals surface area (Å²) in [6.07, 6.45) is -0.784. The number of anilines is 1. The van der Waals surface area contributed by atoms with Crippen molar-refractivity contribution in [2.24, 2.45) is 5.73 Å². The van der Waals surface area contributed by atoms with E-state index in [2.05, 4.69) is 5.32 Å². The third-order valence-corrected chi connectivity index (χ3v) is 4.79. The van der Waals surface area contributed by atoms with Crippen LogP contribution in [0.4, 0.5) is 5.00 Å². The van der Waals surface area contributed by atoms with E-state index in [0.717, 1.165) is 10.4 Å². The van der Waals surface area contributed by atoms with Crippen LogP contribution in [0.25, 0.3) is 0 Å². The Labute approximate surface area is 137 Å². The van der Waals surface area contributed by atoms with E-state index in [-0.39, 0.29) is 12.5 Å². The summed E-state index contributed by atoms with van der Waals surface area (Å²) in [5, 5.41) is 3.17. The Balaban J connectivity index is 1.79. The lowest BCUT2D eigenvalue weighted by atomic mass is 10.1. The largest absolute Gasteiger partial charge is 0.485 e. The number of carbonyl (C=O) groups is 2. The minimum Gasteiger partial charge on any atom is -0.485 e. The van der Waals surface area contributed by atoms with Gasteiger partial charge in [-0.25, -0.2) is 0 Å². The molecule has 2 heterocycles. The van der Waals surface area contributed by atoms with Crippen LogP contribution in [-0.2, 0) is 4.79 Å².